The third kappa shape index (κ3) is 1.94. The van der Waals surface area contributed by atoms with E-state index in [1.165, 1.54) is 7.11 Å². The molecule has 4 nitrogen and oxygen atoms in total. The van der Waals surface area contributed by atoms with E-state index in [-0.39, 0.29) is 5.97 Å². The van der Waals surface area contributed by atoms with Crippen LogP contribution in [-0.2, 0) is 27.3 Å². The molecule has 0 radical (unpaired) electrons. The number of nitrogens with two attached hydrogens (primary N) is 1. The molecule has 4 heteroatoms. The molecule has 1 unspecified atom stereocenters. The van der Waals surface area contributed by atoms with Gasteiger partial charge in [-0.05, 0) is 23.3 Å². The number of anilines is 1. The molecule has 1 aliphatic rings. The second-order valence-corrected chi connectivity index (χ2v) is 3.56. The van der Waals surface area contributed by atoms with Gasteiger partial charge >= 0.3 is 5.97 Å². The van der Waals surface area contributed by atoms with Gasteiger partial charge < -0.3 is 15.2 Å². The van der Waals surface area contributed by atoms with Gasteiger partial charge in [0.25, 0.3) is 0 Å². The lowest BCUT2D eigenvalue weighted by atomic mass is 9.98. The zero-order chi connectivity index (χ0) is 10.8. The maximum absolute atomic E-state index is 11.3. The summed E-state index contributed by atoms with van der Waals surface area (Å²) in [6.07, 6.45) is 0.0387. The van der Waals surface area contributed by atoms with E-state index in [4.69, 9.17) is 10.5 Å². The van der Waals surface area contributed by atoms with Crippen molar-refractivity contribution in [2.24, 2.45) is 0 Å². The van der Waals surface area contributed by atoms with Crippen molar-refractivity contribution >= 4 is 11.7 Å². The molecule has 0 fully saturated rings. The quantitative estimate of drug-likeness (QED) is 0.548. The Kier molecular flexibility index (Phi) is 2.60. The van der Waals surface area contributed by atoms with E-state index in [2.05, 4.69) is 4.74 Å². The molecule has 0 saturated heterocycles. The Bertz CT molecular complexity index is 389. The second-order valence-electron chi connectivity index (χ2n) is 3.56. The van der Waals surface area contributed by atoms with E-state index in [0.29, 0.717) is 18.7 Å². The van der Waals surface area contributed by atoms with Gasteiger partial charge in [0.05, 0.1) is 13.7 Å². The Balaban J connectivity index is 2.22. The van der Waals surface area contributed by atoms with Crippen molar-refractivity contribution in [1.29, 1.82) is 0 Å². The number of methoxy groups -OCH3 is 1. The molecule has 1 aromatic carbocycles. The predicted octanol–water partition coefficient (Wildman–Crippen LogP) is 0.883. The van der Waals surface area contributed by atoms with E-state index < -0.39 is 6.10 Å². The lowest BCUT2D eigenvalue weighted by molar-refractivity contribution is -0.155. The van der Waals surface area contributed by atoms with Gasteiger partial charge in [0.15, 0.2) is 6.10 Å². The summed E-state index contributed by atoms with van der Waals surface area (Å²) >= 11 is 0. The Hall–Kier alpha value is -1.55. The lowest BCUT2D eigenvalue weighted by Crippen LogP contribution is -2.31. The fraction of sp³-hybridized carbons (Fsp3) is 0.364. The molecule has 0 bridgehead atoms. The highest BCUT2D eigenvalue weighted by molar-refractivity contribution is 5.75. The van der Waals surface area contributed by atoms with Gasteiger partial charge in [-0.25, -0.2) is 4.79 Å². The first-order valence-electron chi connectivity index (χ1n) is 4.77. The van der Waals surface area contributed by atoms with Crippen LogP contribution in [0.5, 0.6) is 0 Å². The number of carbonyl (C=O) groups is 1. The molecule has 0 aliphatic carbocycles. The fourth-order valence-electron chi connectivity index (χ4n) is 1.71. The highest BCUT2D eigenvalue weighted by Gasteiger charge is 2.25. The number of rotatable bonds is 1. The van der Waals surface area contributed by atoms with Crippen LogP contribution in [0.25, 0.3) is 0 Å². The minimum Gasteiger partial charge on any atom is -0.467 e. The zero-order valence-electron chi connectivity index (χ0n) is 8.53. The van der Waals surface area contributed by atoms with Crippen LogP contribution in [0.4, 0.5) is 5.69 Å². The number of fused-ring (bicyclic) bond motifs is 1. The third-order valence-corrected chi connectivity index (χ3v) is 2.54. The molecule has 2 N–H and O–H groups in total. The number of carbonyl (C=O) groups excluding carboxylic acids is 1. The fourth-order valence-corrected chi connectivity index (χ4v) is 1.71. The van der Waals surface area contributed by atoms with Crippen molar-refractivity contribution in [3.63, 3.8) is 0 Å². The summed E-state index contributed by atoms with van der Waals surface area (Å²) in [4.78, 5) is 11.3. The van der Waals surface area contributed by atoms with E-state index >= 15 is 0 Å². The van der Waals surface area contributed by atoms with Gasteiger partial charge in [0.1, 0.15) is 0 Å². The number of nitrogen functional groups attached to an aromatic ring is 1. The number of hydrogen-bond donors (Lipinski definition) is 1. The minimum atomic E-state index is -0.496. The molecule has 0 spiro atoms. The standard InChI is InChI=1S/C11H13NO3/c1-14-11(13)10-5-8-4-9(12)3-2-7(8)6-15-10/h2-4,10H,5-6,12H2,1H3. The van der Waals surface area contributed by atoms with Crippen molar-refractivity contribution in [2.45, 2.75) is 19.1 Å². The maximum atomic E-state index is 11.3. The number of hydrogen-bond acceptors (Lipinski definition) is 4. The summed E-state index contributed by atoms with van der Waals surface area (Å²) < 4.78 is 10.0. The Morgan fingerprint density at radius 2 is 2.33 bits per heavy atom. The molecule has 2 rings (SSSR count). The Labute approximate surface area is 88.0 Å². The molecular weight excluding hydrogens is 194 g/mol. The van der Waals surface area contributed by atoms with E-state index in [1.807, 2.05) is 18.2 Å². The summed E-state index contributed by atoms with van der Waals surface area (Å²) in [6.45, 7) is 0.440. The third-order valence-electron chi connectivity index (χ3n) is 2.54. The lowest BCUT2D eigenvalue weighted by Gasteiger charge is -2.23. The summed E-state index contributed by atoms with van der Waals surface area (Å²) in [6, 6.07) is 5.65. The molecule has 0 amide bonds. The second kappa shape index (κ2) is 3.90. The smallest absolute Gasteiger partial charge is 0.335 e. The molecule has 1 heterocycles. The van der Waals surface area contributed by atoms with Crippen LogP contribution in [0.2, 0.25) is 0 Å². The molecule has 1 aliphatic heterocycles. The van der Waals surface area contributed by atoms with Crippen molar-refractivity contribution < 1.29 is 14.3 Å². The summed E-state index contributed by atoms with van der Waals surface area (Å²) in [5.74, 6) is -0.330. The first kappa shape index (κ1) is 9.98. The minimum absolute atomic E-state index is 0.330. The van der Waals surface area contributed by atoms with Gasteiger partial charge in [-0.15, -0.1) is 0 Å². The largest absolute Gasteiger partial charge is 0.467 e. The predicted molar refractivity (Wildman–Crippen MR) is 55.2 cm³/mol. The van der Waals surface area contributed by atoms with Crippen LogP contribution < -0.4 is 5.73 Å². The molecule has 0 aromatic heterocycles. The molecule has 80 valence electrons. The highest BCUT2D eigenvalue weighted by Crippen LogP contribution is 2.23. The van der Waals surface area contributed by atoms with E-state index in [1.54, 1.807) is 0 Å². The van der Waals surface area contributed by atoms with Crippen LogP contribution in [0, 0.1) is 0 Å². The maximum Gasteiger partial charge on any atom is 0.335 e. The van der Waals surface area contributed by atoms with Gasteiger partial charge in [-0.2, -0.15) is 0 Å². The normalized spacial score (nSPS) is 19.4. The van der Waals surface area contributed by atoms with Crippen LogP contribution >= 0.6 is 0 Å². The highest BCUT2D eigenvalue weighted by atomic mass is 16.6. The average Bonchev–Trinajstić information content (AvgIpc) is 2.27. The number of benzene rings is 1. The molecule has 0 saturated carbocycles. The van der Waals surface area contributed by atoms with Crippen molar-refractivity contribution in [2.75, 3.05) is 12.8 Å². The van der Waals surface area contributed by atoms with Gasteiger partial charge in [-0.3, -0.25) is 0 Å². The molecule has 1 aromatic rings. The van der Waals surface area contributed by atoms with Crippen LogP contribution in [0.15, 0.2) is 18.2 Å². The zero-order valence-corrected chi connectivity index (χ0v) is 8.53. The van der Waals surface area contributed by atoms with Crippen LogP contribution in [0.3, 0.4) is 0 Å². The SMILES string of the molecule is COC(=O)C1Cc2cc(N)ccc2CO1. The van der Waals surface area contributed by atoms with E-state index in [0.717, 1.165) is 11.1 Å². The molecule has 15 heavy (non-hydrogen) atoms. The van der Waals surface area contributed by atoms with Gasteiger partial charge in [-0.1, -0.05) is 6.07 Å². The molecular formula is C11H13NO3. The average molecular weight is 207 g/mol. The number of esters is 1. The summed E-state index contributed by atoms with van der Waals surface area (Å²) in [5, 5.41) is 0. The summed E-state index contributed by atoms with van der Waals surface area (Å²) in [7, 11) is 1.36. The summed E-state index contributed by atoms with van der Waals surface area (Å²) in [5.41, 5.74) is 8.54. The number of ether oxygens (including phenoxy) is 2. The Morgan fingerprint density at radius 1 is 1.53 bits per heavy atom. The topological polar surface area (TPSA) is 61.5 Å². The van der Waals surface area contributed by atoms with Crippen molar-refractivity contribution in [3.05, 3.63) is 29.3 Å². The van der Waals surface area contributed by atoms with Crippen molar-refractivity contribution in [1.82, 2.24) is 0 Å². The first-order chi connectivity index (χ1) is 7.20. The van der Waals surface area contributed by atoms with Gasteiger partial charge in [0, 0.05) is 12.1 Å². The van der Waals surface area contributed by atoms with Crippen molar-refractivity contribution in [3.8, 4) is 0 Å². The van der Waals surface area contributed by atoms with Gasteiger partial charge in [0.2, 0.25) is 0 Å². The molecule has 1 atom stereocenters. The van der Waals surface area contributed by atoms with E-state index in [9.17, 15) is 4.79 Å². The first-order valence-corrected chi connectivity index (χ1v) is 4.77. The van der Waals surface area contributed by atoms with Crippen LogP contribution in [-0.4, -0.2) is 19.2 Å². The monoisotopic (exact) mass is 207 g/mol. The van der Waals surface area contributed by atoms with Crippen LogP contribution in [0.1, 0.15) is 11.1 Å². The Morgan fingerprint density at radius 3 is 3.07 bits per heavy atom.